The van der Waals surface area contributed by atoms with Gasteiger partial charge in [0, 0.05) is 17.3 Å². The van der Waals surface area contributed by atoms with Crippen molar-refractivity contribution in [2.45, 2.75) is 26.2 Å². The zero-order chi connectivity index (χ0) is 16.9. The fourth-order valence-corrected chi connectivity index (χ4v) is 2.58. The molecule has 2 aromatic carbocycles. The van der Waals surface area contributed by atoms with Gasteiger partial charge in [0.2, 0.25) is 0 Å². The SMILES string of the molecule is C=C(C=CNc1ccc(OC)cc1)C(C)(C)c1ccccc1C. The predicted octanol–water partition coefficient (Wildman–Crippen LogP) is 5.46. The fourth-order valence-electron chi connectivity index (χ4n) is 2.58. The first kappa shape index (κ1) is 16.9. The lowest BCUT2D eigenvalue weighted by Crippen LogP contribution is -2.20. The van der Waals surface area contributed by atoms with E-state index in [0.29, 0.717) is 0 Å². The number of methoxy groups -OCH3 is 1. The molecule has 0 aliphatic heterocycles. The summed E-state index contributed by atoms with van der Waals surface area (Å²) in [4.78, 5) is 0. The quantitative estimate of drug-likeness (QED) is 0.715. The Labute approximate surface area is 139 Å². The maximum Gasteiger partial charge on any atom is 0.119 e. The molecule has 2 rings (SSSR count). The monoisotopic (exact) mass is 307 g/mol. The number of hydrogen-bond donors (Lipinski definition) is 1. The van der Waals surface area contributed by atoms with Crippen molar-refractivity contribution in [3.63, 3.8) is 0 Å². The average molecular weight is 307 g/mol. The number of aryl methyl sites for hydroxylation is 1. The predicted molar refractivity (Wildman–Crippen MR) is 99.1 cm³/mol. The molecule has 0 fully saturated rings. The molecule has 2 aromatic rings. The number of anilines is 1. The molecule has 0 spiro atoms. The highest BCUT2D eigenvalue weighted by Crippen LogP contribution is 2.33. The standard InChI is InChI=1S/C21H25NO/c1-16-8-6-7-9-20(16)21(3,4)17(2)14-15-22-18-10-12-19(23-5)13-11-18/h6-15,22H,2H2,1,3-5H3. The average Bonchev–Trinajstić information content (AvgIpc) is 2.55. The highest BCUT2D eigenvalue weighted by molar-refractivity contribution is 5.50. The van der Waals surface area contributed by atoms with Gasteiger partial charge >= 0.3 is 0 Å². The summed E-state index contributed by atoms with van der Waals surface area (Å²) in [5.74, 6) is 0.852. The minimum atomic E-state index is -0.108. The van der Waals surface area contributed by atoms with E-state index in [2.05, 4.69) is 56.9 Å². The normalized spacial score (nSPS) is 11.5. The summed E-state index contributed by atoms with van der Waals surface area (Å²) in [6.07, 6.45) is 3.97. The number of ether oxygens (including phenoxy) is 1. The third-order valence-electron chi connectivity index (χ3n) is 4.25. The number of benzene rings is 2. The number of hydrogen-bond acceptors (Lipinski definition) is 2. The molecular weight excluding hydrogens is 282 g/mol. The van der Waals surface area contributed by atoms with Gasteiger partial charge < -0.3 is 10.1 Å². The molecule has 0 unspecified atom stereocenters. The van der Waals surface area contributed by atoms with E-state index < -0.39 is 0 Å². The van der Waals surface area contributed by atoms with Crippen molar-refractivity contribution in [1.29, 1.82) is 0 Å². The Hall–Kier alpha value is -2.48. The number of nitrogens with one attached hydrogen (secondary N) is 1. The number of rotatable bonds is 6. The molecule has 0 bridgehead atoms. The zero-order valence-corrected chi connectivity index (χ0v) is 14.4. The van der Waals surface area contributed by atoms with E-state index in [4.69, 9.17) is 4.74 Å². The van der Waals surface area contributed by atoms with Crippen LogP contribution in [0.4, 0.5) is 5.69 Å². The van der Waals surface area contributed by atoms with Crippen LogP contribution in [0.2, 0.25) is 0 Å². The van der Waals surface area contributed by atoms with E-state index in [1.54, 1.807) is 7.11 Å². The van der Waals surface area contributed by atoms with Gasteiger partial charge in [-0.25, -0.2) is 0 Å². The van der Waals surface area contributed by atoms with Crippen LogP contribution in [0.3, 0.4) is 0 Å². The summed E-state index contributed by atoms with van der Waals surface area (Å²) in [5.41, 5.74) is 4.56. The molecule has 0 aliphatic carbocycles. The zero-order valence-electron chi connectivity index (χ0n) is 14.4. The summed E-state index contributed by atoms with van der Waals surface area (Å²) in [6, 6.07) is 16.3. The van der Waals surface area contributed by atoms with Gasteiger partial charge in [0.05, 0.1) is 7.11 Å². The Bertz CT molecular complexity index is 696. The molecule has 1 N–H and O–H groups in total. The maximum atomic E-state index is 5.16. The molecule has 2 nitrogen and oxygen atoms in total. The molecule has 0 aliphatic rings. The van der Waals surface area contributed by atoms with Crippen molar-refractivity contribution < 1.29 is 4.74 Å². The lowest BCUT2D eigenvalue weighted by molar-refractivity contribution is 0.415. The first-order chi connectivity index (χ1) is 10.9. The van der Waals surface area contributed by atoms with Crippen molar-refractivity contribution in [3.05, 3.63) is 84.1 Å². The molecule has 0 saturated heterocycles. The van der Waals surface area contributed by atoms with E-state index in [1.165, 1.54) is 11.1 Å². The Balaban J connectivity index is 2.06. The molecule has 0 radical (unpaired) electrons. The second kappa shape index (κ2) is 7.19. The topological polar surface area (TPSA) is 21.3 Å². The van der Waals surface area contributed by atoms with Crippen molar-refractivity contribution in [2.24, 2.45) is 0 Å². The molecule has 0 heterocycles. The van der Waals surface area contributed by atoms with E-state index in [0.717, 1.165) is 17.0 Å². The van der Waals surface area contributed by atoms with Gasteiger partial charge in [0.1, 0.15) is 5.75 Å². The van der Waals surface area contributed by atoms with Crippen LogP contribution in [-0.4, -0.2) is 7.11 Å². The van der Waals surface area contributed by atoms with Crippen LogP contribution in [0, 0.1) is 6.92 Å². The maximum absolute atomic E-state index is 5.16. The highest BCUT2D eigenvalue weighted by atomic mass is 16.5. The van der Waals surface area contributed by atoms with Gasteiger partial charge in [-0.1, -0.05) is 44.7 Å². The minimum Gasteiger partial charge on any atom is -0.497 e. The van der Waals surface area contributed by atoms with Crippen LogP contribution < -0.4 is 10.1 Å². The van der Waals surface area contributed by atoms with Crippen molar-refractivity contribution in [3.8, 4) is 5.75 Å². The summed E-state index contributed by atoms with van der Waals surface area (Å²) in [6.45, 7) is 10.8. The third-order valence-corrected chi connectivity index (χ3v) is 4.25. The fraction of sp³-hybridized carbons (Fsp3) is 0.238. The van der Waals surface area contributed by atoms with Crippen LogP contribution in [0.15, 0.2) is 73.0 Å². The van der Waals surface area contributed by atoms with Gasteiger partial charge in [-0.2, -0.15) is 0 Å². The number of allylic oxidation sites excluding steroid dienone is 2. The molecule has 0 atom stereocenters. The lowest BCUT2D eigenvalue weighted by atomic mass is 9.76. The first-order valence-electron chi connectivity index (χ1n) is 7.78. The molecule has 0 amide bonds. The second-order valence-electron chi connectivity index (χ2n) is 6.17. The van der Waals surface area contributed by atoms with Crippen LogP contribution in [0.1, 0.15) is 25.0 Å². The van der Waals surface area contributed by atoms with E-state index in [9.17, 15) is 0 Å². The Morgan fingerprint density at radius 3 is 2.35 bits per heavy atom. The molecule has 23 heavy (non-hydrogen) atoms. The van der Waals surface area contributed by atoms with Gasteiger partial charge in [0.15, 0.2) is 0 Å². The van der Waals surface area contributed by atoms with Crippen molar-refractivity contribution in [1.82, 2.24) is 0 Å². The smallest absolute Gasteiger partial charge is 0.119 e. The molecule has 0 aromatic heterocycles. The Kier molecular flexibility index (Phi) is 5.28. The molecule has 0 saturated carbocycles. The summed E-state index contributed by atoms with van der Waals surface area (Å²) in [7, 11) is 1.67. The molecule has 2 heteroatoms. The van der Waals surface area contributed by atoms with Gasteiger partial charge in [-0.15, -0.1) is 0 Å². The Morgan fingerprint density at radius 1 is 1.09 bits per heavy atom. The summed E-state index contributed by atoms with van der Waals surface area (Å²) in [5, 5.41) is 3.27. The summed E-state index contributed by atoms with van der Waals surface area (Å²) >= 11 is 0. The second-order valence-corrected chi connectivity index (χ2v) is 6.17. The van der Waals surface area contributed by atoms with Crippen LogP contribution in [0.25, 0.3) is 0 Å². The largest absolute Gasteiger partial charge is 0.497 e. The van der Waals surface area contributed by atoms with E-state index in [1.807, 2.05) is 36.5 Å². The highest BCUT2D eigenvalue weighted by Gasteiger charge is 2.23. The first-order valence-corrected chi connectivity index (χ1v) is 7.78. The molecular formula is C21H25NO. The van der Waals surface area contributed by atoms with Crippen molar-refractivity contribution >= 4 is 5.69 Å². The minimum absolute atomic E-state index is 0.108. The van der Waals surface area contributed by atoms with Gasteiger partial charge in [-0.05, 0) is 54.0 Å². The third kappa shape index (κ3) is 4.04. The Morgan fingerprint density at radius 2 is 1.74 bits per heavy atom. The van der Waals surface area contributed by atoms with Crippen LogP contribution in [0.5, 0.6) is 5.75 Å². The summed E-state index contributed by atoms with van der Waals surface area (Å²) < 4.78 is 5.16. The van der Waals surface area contributed by atoms with Crippen LogP contribution in [-0.2, 0) is 5.41 Å². The lowest BCUT2D eigenvalue weighted by Gasteiger charge is -2.28. The van der Waals surface area contributed by atoms with Gasteiger partial charge in [0.25, 0.3) is 0 Å². The molecule has 120 valence electrons. The van der Waals surface area contributed by atoms with E-state index in [-0.39, 0.29) is 5.41 Å². The van der Waals surface area contributed by atoms with Crippen molar-refractivity contribution in [2.75, 3.05) is 12.4 Å². The van der Waals surface area contributed by atoms with Gasteiger partial charge in [-0.3, -0.25) is 0 Å². The van der Waals surface area contributed by atoms with E-state index >= 15 is 0 Å². The van der Waals surface area contributed by atoms with Crippen LogP contribution >= 0.6 is 0 Å².